The molecule has 17 heavy (non-hydrogen) atoms. The van der Waals surface area contributed by atoms with Crippen LogP contribution in [-0.2, 0) is 0 Å². The normalized spacial score (nSPS) is 19.4. The predicted octanol–water partition coefficient (Wildman–Crippen LogP) is 0.0733. The first-order valence-electron chi connectivity index (χ1n) is 5.80. The average molecular weight is 233 g/mol. The molecule has 0 aromatic carbocycles. The fourth-order valence-electron chi connectivity index (χ4n) is 2.13. The summed E-state index contributed by atoms with van der Waals surface area (Å²) in [5, 5.41) is 22.3. The van der Waals surface area contributed by atoms with E-state index < -0.39 is 0 Å². The molecule has 1 fully saturated rings. The maximum absolute atomic E-state index is 4.32. The van der Waals surface area contributed by atoms with Crippen LogP contribution in [0.3, 0.4) is 0 Å². The van der Waals surface area contributed by atoms with Gasteiger partial charge in [0.25, 0.3) is 0 Å². The lowest BCUT2D eigenvalue weighted by atomic mass is 9.91. The van der Waals surface area contributed by atoms with Crippen LogP contribution in [0.15, 0.2) is 12.1 Å². The summed E-state index contributed by atoms with van der Waals surface area (Å²) in [5.74, 6) is 0.814. The Kier molecular flexibility index (Phi) is 2.40. The van der Waals surface area contributed by atoms with Crippen molar-refractivity contribution in [2.45, 2.75) is 25.3 Å². The molecule has 0 unspecified atom stereocenters. The van der Waals surface area contributed by atoms with Crippen molar-refractivity contribution in [3.8, 4) is 0 Å². The number of piperidine rings is 1. The molecule has 2 aromatic rings. The fourth-order valence-corrected chi connectivity index (χ4v) is 2.13. The Labute approximate surface area is 98.6 Å². The van der Waals surface area contributed by atoms with Gasteiger partial charge in [0.15, 0.2) is 5.65 Å². The molecule has 0 spiro atoms. The van der Waals surface area contributed by atoms with Gasteiger partial charge in [0.2, 0.25) is 0 Å². The number of nitrogens with one attached hydrogen (secondary N) is 2. The molecule has 90 valence electrons. The van der Waals surface area contributed by atoms with Gasteiger partial charge >= 0.3 is 0 Å². The third kappa shape index (κ3) is 2.05. The Bertz CT molecular complexity index is 514. The highest BCUT2D eigenvalue weighted by atomic mass is 15.6. The van der Waals surface area contributed by atoms with Crippen molar-refractivity contribution in [2.24, 2.45) is 0 Å². The highest BCUT2D eigenvalue weighted by Crippen LogP contribution is 2.22. The molecule has 7 nitrogen and oxygen atoms in total. The average Bonchev–Trinajstić information content (AvgIpc) is 2.76. The number of nitrogens with zero attached hydrogens (tertiary/aromatic N) is 5. The van der Waals surface area contributed by atoms with E-state index in [9.17, 15) is 0 Å². The molecule has 3 rings (SSSR count). The van der Waals surface area contributed by atoms with Crippen LogP contribution in [0.2, 0.25) is 0 Å². The lowest BCUT2D eigenvalue weighted by molar-refractivity contribution is 0.363. The van der Waals surface area contributed by atoms with Gasteiger partial charge in [-0.3, -0.25) is 0 Å². The smallest absolute Gasteiger partial charge is 0.200 e. The van der Waals surface area contributed by atoms with Crippen molar-refractivity contribution < 1.29 is 0 Å². The van der Waals surface area contributed by atoms with Gasteiger partial charge in [-0.05, 0) is 55.4 Å². The van der Waals surface area contributed by atoms with Crippen molar-refractivity contribution in [1.29, 1.82) is 0 Å². The maximum atomic E-state index is 4.32. The third-order valence-corrected chi connectivity index (χ3v) is 3.21. The Balaban J connectivity index is 1.83. The van der Waals surface area contributed by atoms with E-state index in [1.165, 1.54) is 4.63 Å². The largest absolute Gasteiger partial charge is 0.363 e. The Hall–Kier alpha value is -1.76. The van der Waals surface area contributed by atoms with E-state index in [2.05, 4.69) is 38.2 Å². The summed E-state index contributed by atoms with van der Waals surface area (Å²) in [6.45, 7) is 4.30. The molecule has 7 heteroatoms. The van der Waals surface area contributed by atoms with Gasteiger partial charge in [-0.25, -0.2) is 0 Å². The molecule has 1 aliphatic heterocycles. The minimum Gasteiger partial charge on any atom is -0.363 e. The van der Waals surface area contributed by atoms with Gasteiger partial charge in [0.1, 0.15) is 5.82 Å². The number of aromatic nitrogens is 5. The second kappa shape index (κ2) is 3.92. The molecule has 1 saturated heterocycles. The lowest BCUT2D eigenvalue weighted by Gasteiger charge is -2.35. The van der Waals surface area contributed by atoms with E-state index in [0.29, 0.717) is 5.65 Å². The van der Waals surface area contributed by atoms with Gasteiger partial charge in [-0.15, -0.1) is 14.8 Å². The van der Waals surface area contributed by atoms with Crippen LogP contribution in [0.5, 0.6) is 0 Å². The topological polar surface area (TPSA) is 80.0 Å². The van der Waals surface area contributed by atoms with Crippen LogP contribution in [-0.4, -0.2) is 43.9 Å². The van der Waals surface area contributed by atoms with Crippen LogP contribution in [0.25, 0.3) is 5.65 Å². The number of tetrazole rings is 1. The van der Waals surface area contributed by atoms with Crippen LogP contribution >= 0.6 is 0 Å². The summed E-state index contributed by atoms with van der Waals surface area (Å²) in [5.41, 5.74) is 0.756. The van der Waals surface area contributed by atoms with E-state index in [0.717, 1.165) is 31.7 Å². The zero-order chi connectivity index (χ0) is 11.7. The van der Waals surface area contributed by atoms with E-state index >= 15 is 0 Å². The molecule has 3 heterocycles. The van der Waals surface area contributed by atoms with Crippen molar-refractivity contribution >= 4 is 11.5 Å². The highest BCUT2D eigenvalue weighted by molar-refractivity contribution is 5.43. The van der Waals surface area contributed by atoms with Crippen LogP contribution < -0.4 is 10.6 Å². The Morgan fingerprint density at radius 3 is 3.00 bits per heavy atom. The highest BCUT2D eigenvalue weighted by Gasteiger charge is 2.26. The summed E-state index contributed by atoms with van der Waals surface area (Å²) >= 11 is 0. The lowest BCUT2D eigenvalue weighted by Crippen LogP contribution is -2.45. The zero-order valence-electron chi connectivity index (χ0n) is 9.72. The molecule has 1 aliphatic rings. The molecular formula is C10H15N7. The van der Waals surface area contributed by atoms with Crippen molar-refractivity contribution in [3.63, 3.8) is 0 Å². The number of hydrogen-bond acceptors (Lipinski definition) is 6. The van der Waals surface area contributed by atoms with Gasteiger partial charge in [-0.1, -0.05) is 0 Å². The first-order chi connectivity index (χ1) is 8.25. The zero-order valence-corrected chi connectivity index (χ0v) is 9.72. The standard InChI is InChI=1S/C10H15N7/c1-10(4-6-11-7-5-10)12-8-2-3-9-13-15-16-17(9)14-8/h2-3,11H,4-7H2,1H3,(H,12,14). The Morgan fingerprint density at radius 1 is 1.35 bits per heavy atom. The van der Waals surface area contributed by atoms with Gasteiger partial charge < -0.3 is 10.6 Å². The molecular weight excluding hydrogens is 218 g/mol. The number of fused-ring (bicyclic) bond motifs is 1. The summed E-state index contributed by atoms with van der Waals surface area (Å²) in [6.07, 6.45) is 2.17. The van der Waals surface area contributed by atoms with Crippen molar-refractivity contribution in [1.82, 2.24) is 30.6 Å². The van der Waals surface area contributed by atoms with E-state index in [-0.39, 0.29) is 5.54 Å². The van der Waals surface area contributed by atoms with Crippen LogP contribution in [0.1, 0.15) is 19.8 Å². The first-order valence-corrected chi connectivity index (χ1v) is 5.80. The van der Waals surface area contributed by atoms with Gasteiger partial charge in [-0.2, -0.15) is 0 Å². The summed E-state index contributed by atoms with van der Waals surface area (Å²) in [4.78, 5) is 0. The first kappa shape index (κ1) is 10.4. The molecule has 0 saturated carbocycles. The second-order valence-electron chi connectivity index (χ2n) is 4.68. The number of anilines is 1. The monoisotopic (exact) mass is 233 g/mol. The van der Waals surface area contributed by atoms with Gasteiger partial charge in [0, 0.05) is 5.54 Å². The fraction of sp³-hybridized carbons (Fsp3) is 0.600. The van der Waals surface area contributed by atoms with Crippen LogP contribution in [0.4, 0.5) is 5.82 Å². The number of hydrogen-bond donors (Lipinski definition) is 2. The Morgan fingerprint density at radius 2 is 2.18 bits per heavy atom. The third-order valence-electron chi connectivity index (χ3n) is 3.21. The quantitative estimate of drug-likeness (QED) is 0.764. The predicted molar refractivity (Wildman–Crippen MR) is 62.7 cm³/mol. The van der Waals surface area contributed by atoms with Crippen molar-refractivity contribution in [2.75, 3.05) is 18.4 Å². The minimum absolute atomic E-state index is 0.0972. The van der Waals surface area contributed by atoms with E-state index in [4.69, 9.17) is 0 Å². The summed E-state index contributed by atoms with van der Waals surface area (Å²) < 4.78 is 1.44. The van der Waals surface area contributed by atoms with E-state index in [1.54, 1.807) is 0 Å². The van der Waals surface area contributed by atoms with Crippen molar-refractivity contribution in [3.05, 3.63) is 12.1 Å². The summed E-state index contributed by atoms with van der Waals surface area (Å²) in [7, 11) is 0. The molecule has 0 atom stereocenters. The SMILES string of the molecule is CC1(Nc2ccc3nnnn3n2)CCNCC1. The molecule has 2 aromatic heterocycles. The summed E-state index contributed by atoms with van der Waals surface area (Å²) in [6, 6.07) is 3.78. The number of rotatable bonds is 2. The molecule has 0 bridgehead atoms. The molecule has 2 N–H and O–H groups in total. The van der Waals surface area contributed by atoms with Crippen LogP contribution in [0, 0.1) is 0 Å². The minimum atomic E-state index is 0.0972. The molecule has 0 aliphatic carbocycles. The molecule has 0 amide bonds. The maximum Gasteiger partial charge on any atom is 0.200 e. The van der Waals surface area contributed by atoms with E-state index in [1.807, 2.05) is 12.1 Å². The molecule has 0 radical (unpaired) electrons. The second-order valence-corrected chi connectivity index (χ2v) is 4.68. The van der Waals surface area contributed by atoms with Gasteiger partial charge in [0.05, 0.1) is 0 Å².